The van der Waals surface area contributed by atoms with Crippen molar-refractivity contribution in [2.45, 2.75) is 32.0 Å². The molecule has 2 atom stereocenters. The molecule has 0 aromatic heterocycles. The lowest BCUT2D eigenvalue weighted by Gasteiger charge is -2.17. The number of benzene rings is 1. The van der Waals surface area contributed by atoms with Crippen molar-refractivity contribution in [1.82, 2.24) is 0 Å². The van der Waals surface area contributed by atoms with E-state index in [1.807, 2.05) is 30.3 Å². The monoisotopic (exact) mass is 294 g/mol. The molecule has 0 spiro atoms. The van der Waals surface area contributed by atoms with Gasteiger partial charge in [0.05, 0.1) is 12.7 Å². The number of carbonyl (C=O) groups is 1. The first-order chi connectivity index (χ1) is 10.0. The highest BCUT2D eigenvalue weighted by molar-refractivity contribution is 5.86. The summed E-state index contributed by atoms with van der Waals surface area (Å²) < 4.78 is 10.3. The number of para-hydroxylation sites is 1. The van der Waals surface area contributed by atoms with Crippen LogP contribution in [0.25, 0.3) is 0 Å². The molecule has 0 bridgehead atoms. The van der Waals surface area contributed by atoms with Gasteiger partial charge in [-0.2, -0.15) is 0 Å². The number of rotatable bonds is 9. The molecule has 0 aliphatic heterocycles. The molecule has 116 valence electrons. The van der Waals surface area contributed by atoms with Gasteiger partial charge in [-0.25, -0.2) is 4.79 Å². The summed E-state index contributed by atoms with van der Waals surface area (Å²) in [7, 11) is 0. The molecule has 21 heavy (non-hydrogen) atoms. The Hall–Kier alpha value is -1.85. The molecule has 5 heteroatoms. The topological polar surface area (TPSA) is 76.0 Å². The number of hydrogen-bond donors (Lipinski definition) is 2. The molecule has 1 rings (SSSR count). The van der Waals surface area contributed by atoms with Gasteiger partial charge in [-0.15, -0.1) is 0 Å². The molecular formula is C16H22O5. The fraction of sp³-hybridized carbons (Fsp3) is 0.438. The maximum absolute atomic E-state index is 11.2. The molecule has 0 saturated carbocycles. The van der Waals surface area contributed by atoms with Gasteiger partial charge in [0.1, 0.15) is 18.5 Å². The van der Waals surface area contributed by atoms with E-state index >= 15 is 0 Å². The van der Waals surface area contributed by atoms with Crippen molar-refractivity contribution in [3.8, 4) is 5.75 Å². The van der Waals surface area contributed by atoms with Gasteiger partial charge in [-0.3, -0.25) is 0 Å². The molecule has 0 aliphatic rings. The number of carbonyl (C=O) groups excluding carboxylic acids is 1. The van der Waals surface area contributed by atoms with Crippen LogP contribution in [0.2, 0.25) is 0 Å². The summed E-state index contributed by atoms with van der Waals surface area (Å²) >= 11 is 0. The standard InChI is InChI=1S/C16H22O5/c1-12(2)16(19)21-11-15(18)14(17)9-6-10-20-13-7-4-3-5-8-13/h3-5,7-8,14-15,17-18H,1,6,9-11H2,2H3. The van der Waals surface area contributed by atoms with Crippen molar-refractivity contribution in [1.29, 1.82) is 0 Å². The lowest BCUT2D eigenvalue weighted by Crippen LogP contribution is -2.32. The fourth-order valence-corrected chi connectivity index (χ4v) is 1.59. The third-order valence-electron chi connectivity index (χ3n) is 2.83. The Morgan fingerprint density at radius 2 is 1.90 bits per heavy atom. The first kappa shape index (κ1) is 17.2. The van der Waals surface area contributed by atoms with Crippen molar-refractivity contribution in [2.75, 3.05) is 13.2 Å². The Bertz CT molecular complexity index is 443. The number of aliphatic hydroxyl groups excluding tert-OH is 2. The molecule has 0 aliphatic carbocycles. The van der Waals surface area contributed by atoms with Crippen molar-refractivity contribution in [2.24, 2.45) is 0 Å². The fourth-order valence-electron chi connectivity index (χ4n) is 1.59. The zero-order valence-corrected chi connectivity index (χ0v) is 12.2. The van der Waals surface area contributed by atoms with Crippen LogP contribution in [0.15, 0.2) is 42.5 Å². The minimum atomic E-state index is -1.11. The molecule has 0 fully saturated rings. The zero-order valence-electron chi connectivity index (χ0n) is 12.2. The number of ether oxygens (including phenoxy) is 2. The highest BCUT2D eigenvalue weighted by Gasteiger charge is 2.18. The van der Waals surface area contributed by atoms with Crippen LogP contribution in [0.5, 0.6) is 5.75 Å². The average Bonchev–Trinajstić information content (AvgIpc) is 2.49. The van der Waals surface area contributed by atoms with Crippen molar-refractivity contribution < 1.29 is 24.5 Å². The van der Waals surface area contributed by atoms with E-state index in [9.17, 15) is 15.0 Å². The average molecular weight is 294 g/mol. The summed E-state index contributed by atoms with van der Waals surface area (Å²) in [5.74, 6) is 0.191. The molecular weight excluding hydrogens is 272 g/mol. The van der Waals surface area contributed by atoms with Crippen LogP contribution in [-0.4, -0.2) is 41.6 Å². The predicted molar refractivity (Wildman–Crippen MR) is 79.0 cm³/mol. The summed E-state index contributed by atoms with van der Waals surface area (Å²) in [5, 5.41) is 19.4. The van der Waals surface area contributed by atoms with Gasteiger partial charge in [0.25, 0.3) is 0 Å². The maximum Gasteiger partial charge on any atom is 0.333 e. The molecule has 0 radical (unpaired) electrons. The van der Waals surface area contributed by atoms with Crippen molar-refractivity contribution in [3.63, 3.8) is 0 Å². The molecule has 5 nitrogen and oxygen atoms in total. The molecule has 0 saturated heterocycles. The van der Waals surface area contributed by atoms with E-state index < -0.39 is 18.2 Å². The Kier molecular flexibility index (Phi) is 7.50. The summed E-state index contributed by atoms with van der Waals surface area (Å²) in [6, 6.07) is 9.36. The van der Waals surface area contributed by atoms with E-state index in [1.165, 1.54) is 6.92 Å². The number of esters is 1. The zero-order chi connectivity index (χ0) is 15.7. The first-order valence-electron chi connectivity index (χ1n) is 6.87. The number of hydrogen-bond acceptors (Lipinski definition) is 5. The van der Waals surface area contributed by atoms with Crippen molar-refractivity contribution >= 4 is 5.97 Å². The Labute approximate surface area is 124 Å². The second kappa shape index (κ2) is 9.15. The summed E-state index contributed by atoms with van der Waals surface area (Å²) in [6.45, 7) is 5.15. The Morgan fingerprint density at radius 1 is 1.24 bits per heavy atom. The summed E-state index contributed by atoms with van der Waals surface area (Å²) in [5.41, 5.74) is 0.257. The quantitative estimate of drug-likeness (QED) is 0.412. The van der Waals surface area contributed by atoms with Crippen LogP contribution < -0.4 is 4.74 Å². The van der Waals surface area contributed by atoms with E-state index in [0.717, 1.165) is 5.75 Å². The van der Waals surface area contributed by atoms with E-state index in [0.29, 0.717) is 19.4 Å². The van der Waals surface area contributed by atoms with Gasteiger partial charge in [-0.05, 0) is 31.9 Å². The number of aliphatic hydroxyl groups is 2. The van der Waals surface area contributed by atoms with Crippen LogP contribution in [-0.2, 0) is 9.53 Å². The normalized spacial score (nSPS) is 13.3. The summed E-state index contributed by atoms with van der Waals surface area (Å²) in [6.07, 6.45) is -1.12. The smallest absolute Gasteiger partial charge is 0.333 e. The predicted octanol–water partition coefficient (Wildman–Crippen LogP) is 1.69. The van der Waals surface area contributed by atoms with E-state index in [1.54, 1.807) is 0 Å². The molecule has 2 N–H and O–H groups in total. The first-order valence-corrected chi connectivity index (χ1v) is 6.87. The largest absolute Gasteiger partial charge is 0.494 e. The van der Waals surface area contributed by atoms with Crippen LogP contribution in [0.4, 0.5) is 0 Å². The Morgan fingerprint density at radius 3 is 2.52 bits per heavy atom. The lowest BCUT2D eigenvalue weighted by molar-refractivity contribution is -0.144. The van der Waals surface area contributed by atoms with E-state index in [-0.39, 0.29) is 12.2 Å². The van der Waals surface area contributed by atoms with Crippen LogP contribution in [0.3, 0.4) is 0 Å². The van der Waals surface area contributed by atoms with Crippen LogP contribution in [0.1, 0.15) is 19.8 Å². The third kappa shape index (κ3) is 6.92. The third-order valence-corrected chi connectivity index (χ3v) is 2.83. The van der Waals surface area contributed by atoms with E-state index in [4.69, 9.17) is 9.47 Å². The van der Waals surface area contributed by atoms with Crippen LogP contribution in [0, 0.1) is 0 Å². The second-order valence-corrected chi connectivity index (χ2v) is 4.82. The van der Waals surface area contributed by atoms with Gasteiger partial charge >= 0.3 is 5.97 Å². The molecule has 2 unspecified atom stereocenters. The molecule has 0 heterocycles. The highest BCUT2D eigenvalue weighted by atomic mass is 16.5. The second-order valence-electron chi connectivity index (χ2n) is 4.82. The SMILES string of the molecule is C=C(C)C(=O)OCC(O)C(O)CCCOc1ccccc1. The van der Waals surface area contributed by atoms with Crippen LogP contribution >= 0.6 is 0 Å². The van der Waals surface area contributed by atoms with Gasteiger partial charge in [0.15, 0.2) is 0 Å². The van der Waals surface area contributed by atoms with Gasteiger partial charge in [0, 0.05) is 5.57 Å². The van der Waals surface area contributed by atoms with Crippen molar-refractivity contribution in [3.05, 3.63) is 42.5 Å². The summed E-state index contributed by atoms with van der Waals surface area (Å²) in [4.78, 5) is 11.2. The minimum absolute atomic E-state index is 0.244. The molecule has 1 aromatic rings. The van der Waals surface area contributed by atoms with Gasteiger partial charge < -0.3 is 19.7 Å². The minimum Gasteiger partial charge on any atom is -0.494 e. The maximum atomic E-state index is 11.2. The highest BCUT2D eigenvalue weighted by Crippen LogP contribution is 2.10. The van der Waals surface area contributed by atoms with E-state index in [2.05, 4.69) is 6.58 Å². The van der Waals surface area contributed by atoms with Gasteiger partial charge in [0.2, 0.25) is 0 Å². The van der Waals surface area contributed by atoms with Gasteiger partial charge in [-0.1, -0.05) is 24.8 Å². The molecule has 1 aromatic carbocycles. The lowest BCUT2D eigenvalue weighted by atomic mass is 10.1. The Balaban J connectivity index is 2.16. The molecule has 0 amide bonds.